The van der Waals surface area contributed by atoms with Crippen LogP contribution in [0.3, 0.4) is 0 Å². The van der Waals surface area contributed by atoms with Gasteiger partial charge < -0.3 is 14.6 Å². The highest BCUT2D eigenvalue weighted by Crippen LogP contribution is 2.62. The van der Waals surface area contributed by atoms with Crippen LogP contribution >= 0.6 is 0 Å². The van der Waals surface area contributed by atoms with Crippen LogP contribution < -0.4 is 4.90 Å². The second-order valence-electron chi connectivity index (χ2n) is 9.09. The number of hydrogen-bond acceptors (Lipinski definition) is 3. The number of rotatable bonds is 4. The maximum atomic E-state index is 12.2. The zero-order valence-corrected chi connectivity index (χ0v) is 15.8. The van der Waals surface area contributed by atoms with E-state index in [9.17, 15) is 5.11 Å². The van der Waals surface area contributed by atoms with Gasteiger partial charge in [0.15, 0.2) is 0 Å². The second kappa shape index (κ2) is 5.85. The van der Waals surface area contributed by atoms with Crippen LogP contribution in [-0.2, 0) is 0 Å². The minimum Gasteiger partial charge on any atom is -0.387 e. The number of nitrogens with zero attached hydrogens (tertiary/aromatic N) is 3. The Morgan fingerprint density at radius 1 is 1.12 bits per heavy atom. The molecular weight excluding hydrogens is 322 g/mol. The number of imidazole rings is 1. The molecule has 26 heavy (non-hydrogen) atoms. The molecule has 0 saturated heterocycles. The molecule has 2 aromatic rings. The van der Waals surface area contributed by atoms with Crippen LogP contribution in [0.5, 0.6) is 0 Å². The highest BCUT2D eigenvalue weighted by atomic mass is 16.3. The van der Waals surface area contributed by atoms with E-state index in [1.807, 2.05) is 18.7 Å². The first-order valence-corrected chi connectivity index (χ1v) is 10.0. The fraction of sp³-hybridized carbons (Fsp3) is 0.591. The van der Waals surface area contributed by atoms with Crippen LogP contribution in [0.2, 0.25) is 0 Å². The Balaban J connectivity index is 1.63. The van der Waals surface area contributed by atoms with Crippen molar-refractivity contribution in [2.75, 3.05) is 19.0 Å². The molecular formula is C22H29N3O. The Hall–Kier alpha value is -1.81. The number of anilines is 1. The Labute approximate surface area is 155 Å². The molecule has 1 unspecified atom stereocenters. The molecule has 4 aliphatic carbocycles. The molecule has 4 fully saturated rings. The van der Waals surface area contributed by atoms with Crippen LogP contribution in [0, 0.1) is 23.7 Å². The summed E-state index contributed by atoms with van der Waals surface area (Å²) in [6.45, 7) is 0. The summed E-state index contributed by atoms with van der Waals surface area (Å²) in [6, 6.07) is 8.62. The SMILES string of the molecule is CN(C)c1cccc(C(n2ccnc2)C2(O)C3CC4CC(C3)CC2C4)c1. The average Bonchev–Trinajstić information content (AvgIpc) is 3.13. The fourth-order valence-corrected chi connectivity index (χ4v) is 6.46. The maximum absolute atomic E-state index is 12.2. The summed E-state index contributed by atoms with van der Waals surface area (Å²) in [7, 11) is 4.14. The van der Waals surface area contributed by atoms with Crippen molar-refractivity contribution in [1.82, 2.24) is 9.55 Å². The van der Waals surface area contributed by atoms with E-state index in [4.69, 9.17) is 0 Å². The molecule has 1 aromatic carbocycles. The Morgan fingerprint density at radius 3 is 2.38 bits per heavy atom. The highest BCUT2D eigenvalue weighted by Gasteiger charge is 2.60. The Bertz CT molecular complexity index is 754. The van der Waals surface area contributed by atoms with E-state index in [1.54, 1.807) is 0 Å². The molecule has 0 aliphatic heterocycles. The maximum Gasteiger partial charge on any atom is 0.0952 e. The number of aromatic nitrogens is 2. The molecule has 4 nitrogen and oxygen atoms in total. The largest absolute Gasteiger partial charge is 0.387 e. The summed E-state index contributed by atoms with van der Waals surface area (Å²) in [5, 5.41) is 12.2. The van der Waals surface area contributed by atoms with Gasteiger partial charge in [-0.1, -0.05) is 12.1 Å². The summed E-state index contributed by atoms with van der Waals surface area (Å²) < 4.78 is 2.15. The summed E-state index contributed by atoms with van der Waals surface area (Å²) >= 11 is 0. The van der Waals surface area contributed by atoms with Crippen molar-refractivity contribution in [3.05, 3.63) is 48.5 Å². The lowest BCUT2D eigenvalue weighted by molar-refractivity contribution is -0.190. The van der Waals surface area contributed by atoms with Crippen LogP contribution in [0.25, 0.3) is 0 Å². The van der Waals surface area contributed by atoms with Gasteiger partial charge in [0.1, 0.15) is 0 Å². The third-order valence-electron chi connectivity index (χ3n) is 7.41. The molecule has 1 aromatic heterocycles. The Morgan fingerprint density at radius 2 is 1.81 bits per heavy atom. The third-order valence-corrected chi connectivity index (χ3v) is 7.41. The second-order valence-corrected chi connectivity index (χ2v) is 9.09. The zero-order valence-electron chi connectivity index (χ0n) is 15.8. The van der Waals surface area contributed by atoms with E-state index in [0.717, 1.165) is 11.8 Å². The van der Waals surface area contributed by atoms with Gasteiger partial charge in [-0.3, -0.25) is 0 Å². The van der Waals surface area contributed by atoms with E-state index < -0.39 is 5.60 Å². The molecule has 4 bridgehead atoms. The zero-order chi connectivity index (χ0) is 17.9. The van der Waals surface area contributed by atoms with E-state index in [1.165, 1.54) is 43.4 Å². The molecule has 4 aliphatic rings. The smallest absolute Gasteiger partial charge is 0.0952 e. The van der Waals surface area contributed by atoms with Gasteiger partial charge in [-0.15, -0.1) is 0 Å². The van der Waals surface area contributed by atoms with Gasteiger partial charge in [0.2, 0.25) is 0 Å². The van der Waals surface area contributed by atoms with Crippen molar-refractivity contribution >= 4 is 5.69 Å². The predicted molar refractivity (Wildman–Crippen MR) is 103 cm³/mol. The lowest BCUT2D eigenvalue weighted by Gasteiger charge is -2.61. The highest BCUT2D eigenvalue weighted by molar-refractivity contribution is 5.48. The van der Waals surface area contributed by atoms with Crippen molar-refractivity contribution < 1.29 is 5.11 Å². The minimum absolute atomic E-state index is 0.0556. The standard InChI is InChI=1S/C22H29N3O/c1-24(2)20-5-3-4-17(13-20)21(25-7-6-23-14-25)22(26)18-9-15-8-16(11-18)12-19(22)10-15/h3-7,13-16,18-19,21,26H,8-12H2,1-2H3. The average molecular weight is 351 g/mol. The van der Waals surface area contributed by atoms with Gasteiger partial charge >= 0.3 is 0 Å². The topological polar surface area (TPSA) is 41.3 Å². The van der Waals surface area contributed by atoms with Crippen LogP contribution in [0.1, 0.15) is 43.7 Å². The lowest BCUT2D eigenvalue weighted by atomic mass is 9.48. The van der Waals surface area contributed by atoms with Gasteiger partial charge in [-0.2, -0.15) is 0 Å². The first-order chi connectivity index (χ1) is 12.6. The van der Waals surface area contributed by atoms with Crippen molar-refractivity contribution in [2.45, 2.75) is 43.7 Å². The monoisotopic (exact) mass is 351 g/mol. The fourth-order valence-electron chi connectivity index (χ4n) is 6.46. The Kier molecular flexibility index (Phi) is 3.68. The van der Waals surface area contributed by atoms with Gasteiger partial charge in [-0.05, 0) is 73.5 Å². The molecule has 4 saturated carbocycles. The van der Waals surface area contributed by atoms with E-state index in [0.29, 0.717) is 11.8 Å². The van der Waals surface area contributed by atoms with E-state index in [-0.39, 0.29) is 6.04 Å². The number of benzene rings is 1. The van der Waals surface area contributed by atoms with Gasteiger partial charge in [0, 0.05) is 32.2 Å². The summed E-state index contributed by atoms with van der Waals surface area (Å²) in [5.74, 6) is 2.51. The summed E-state index contributed by atoms with van der Waals surface area (Å²) in [6.07, 6.45) is 11.9. The molecule has 0 amide bonds. The normalized spacial score (nSPS) is 36.3. The van der Waals surface area contributed by atoms with Gasteiger partial charge in [0.25, 0.3) is 0 Å². The minimum atomic E-state index is -0.668. The predicted octanol–water partition coefficient (Wildman–Crippen LogP) is 3.73. The molecule has 138 valence electrons. The van der Waals surface area contributed by atoms with Gasteiger partial charge in [0.05, 0.1) is 18.0 Å². The third kappa shape index (κ3) is 2.34. The van der Waals surface area contributed by atoms with Gasteiger partial charge in [-0.25, -0.2) is 4.98 Å². The lowest BCUT2D eigenvalue weighted by Crippen LogP contribution is -2.61. The van der Waals surface area contributed by atoms with Crippen molar-refractivity contribution in [3.8, 4) is 0 Å². The van der Waals surface area contributed by atoms with Crippen molar-refractivity contribution in [1.29, 1.82) is 0 Å². The summed E-state index contributed by atoms with van der Waals surface area (Å²) in [4.78, 5) is 6.45. The molecule has 0 radical (unpaired) electrons. The first kappa shape index (κ1) is 16.4. The molecule has 1 atom stereocenters. The summed E-state index contributed by atoms with van der Waals surface area (Å²) in [5.41, 5.74) is 1.71. The first-order valence-electron chi connectivity index (χ1n) is 10.0. The van der Waals surface area contributed by atoms with E-state index in [2.05, 4.69) is 52.8 Å². The number of hydrogen-bond donors (Lipinski definition) is 1. The van der Waals surface area contributed by atoms with Crippen LogP contribution in [0.15, 0.2) is 43.0 Å². The van der Waals surface area contributed by atoms with Crippen molar-refractivity contribution in [2.24, 2.45) is 23.7 Å². The van der Waals surface area contributed by atoms with E-state index >= 15 is 0 Å². The molecule has 4 heteroatoms. The number of aliphatic hydroxyl groups is 1. The van der Waals surface area contributed by atoms with Crippen molar-refractivity contribution in [3.63, 3.8) is 0 Å². The van der Waals surface area contributed by atoms with Crippen LogP contribution in [0.4, 0.5) is 5.69 Å². The molecule has 6 rings (SSSR count). The molecule has 1 heterocycles. The molecule has 0 spiro atoms. The molecule has 1 N–H and O–H groups in total. The van der Waals surface area contributed by atoms with Crippen LogP contribution in [-0.4, -0.2) is 34.4 Å². The quantitative estimate of drug-likeness (QED) is 0.913.